The van der Waals surface area contributed by atoms with Gasteiger partial charge in [0.25, 0.3) is 0 Å². The number of hydrogen-bond donors (Lipinski definition) is 1. The van der Waals surface area contributed by atoms with Crippen LogP contribution in [0.15, 0.2) is 42.0 Å². The number of thiophene rings is 1. The predicted molar refractivity (Wildman–Crippen MR) is 74.7 cm³/mol. The van der Waals surface area contributed by atoms with Gasteiger partial charge in [-0.25, -0.2) is 0 Å². The highest BCUT2D eigenvalue weighted by Gasteiger charge is 2.11. The maximum atomic E-state index is 10.0. The standard InChI is InChI=1S/C14H18N2OS/c1-16(9-6-12-4-7-15-8-5-12)11-13(17)14-3-2-10-18-14/h2-5,7-8,10,13,17H,6,9,11H2,1H3. The van der Waals surface area contributed by atoms with E-state index in [0.29, 0.717) is 6.54 Å². The van der Waals surface area contributed by atoms with Crippen molar-refractivity contribution in [3.8, 4) is 0 Å². The number of hydrogen-bond acceptors (Lipinski definition) is 4. The molecule has 2 aromatic heterocycles. The van der Waals surface area contributed by atoms with E-state index in [1.165, 1.54) is 5.56 Å². The van der Waals surface area contributed by atoms with Gasteiger partial charge in [-0.15, -0.1) is 11.3 Å². The molecule has 3 nitrogen and oxygen atoms in total. The highest BCUT2D eigenvalue weighted by atomic mass is 32.1. The van der Waals surface area contributed by atoms with Crippen molar-refractivity contribution in [1.29, 1.82) is 0 Å². The second-order valence-corrected chi connectivity index (χ2v) is 5.38. The molecular weight excluding hydrogens is 244 g/mol. The van der Waals surface area contributed by atoms with E-state index in [4.69, 9.17) is 0 Å². The average molecular weight is 262 g/mol. The fraction of sp³-hybridized carbons (Fsp3) is 0.357. The lowest BCUT2D eigenvalue weighted by atomic mass is 10.2. The molecule has 2 heterocycles. The first-order chi connectivity index (χ1) is 8.75. The van der Waals surface area contributed by atoms with E-state index in [0.717, 1.165) is 17.8 Å². The SMILES string of the molecule is CN(CCc1ccncc1)CC(O)c1cccs1. The van der Waals surface area contributed by atoms with E-state index in [9.17, 15) is 5.11 Å². The molecule has 2 rings (SSSR count). The summed E-state index contributed by atoms with van der Waals surface area (Å²) < 4.78 is 0. The first-order valence-electron chi connectivity index (χ1n) is 6.04. The van der Waals surface area contributed by atoms with Gasteiger partial charge in [0.2, 0.25) is 0 Å². The smallest absolute Gasteiger partial charge is 0.101 e. The number of aliphatic hydroxyl groups excluding tert-OH is 1. The quantitative estimate of drug-likeness (QED) is 0.868. The second kappa shape index (κ2) is 6.64. The van der Waals surface area contributed by atoms with Gasteiger partial charge in [-0.3, -0.25) is 4.98 Å². The minimum absolute atomic E-state index is 0.382. The zero-order valence-electron chi connectivity index (χ0n) is 10.5. The summed E-state index contributed by atoms with van der Waals surface area (Å²) >= 11 is 1.60. The van der Waals surface area contributed by atoms with Gasteiger partial charge in [0, 0.05) is 30.4 Å². The van der Waals surface area contributed by atoms with Gasteiger partial charge < -0.3 is 10.0 Å². The van der Waals surface area contributed by atoms with Crippen LogP contribution in [0.5, 0.6) is 0 Å². The van der Waals surface area contributed by atoms with E-state index in [2.05, 4.69) is 9.88 Å². The van der Waals surface area contributed by atoms with Crippen LogP contribution < -0.4 is 0 Å². The highest BCUT2D eigenvalue weighted by Crippen LogP contribution is 2.19. The molecule has 0 bridgehead atoms. The van der Waals surface area contributed by atoms with Gasteiger partial charge in [-0.2, -0.15) is 0 Å². The van der Waals surface area contributed by atoms with Crippen molar-refractivity contribution in [3.63, 3.8) is 0 Å². The summed E-state index contributed by atoms with van der Waals surface area (Å²) in [5.41, 5.74) is 1.28. The molecule has 0 spiro atoms. The van der Waals surface area contributed by atoms with Gasteiger partial charge in [0.15, 0.2) is 0 Å². The molecule has 0 aliphatic rings. The topological polar surface area (TPSA) is 36.4 Å². The Morgan fingerprint density at radius 3 is 2.78 bits per heavy atom. The summed E-state index contributed by atoms with van der Waals surface area (Å²) in [4.78, 5) is 7.19. The molecule has 0 aliphatic carbocycles. The van der Waals surface area contributed by atoms with E-state index in [-0.39, 0.29) is 6.10 Å². The maximum Gasteiger partial charge on any atom is 0.101 e. The Bertz CT molecular complexity index is 444. The summed E-state index contributed by atoms with van der Waals surface area (Å²) in [6.07, 6.45) is 4.23. The number of rotatable bonds is 6. The minimum Gasteiger partial charge on any atom is -0.386 e. The van der Waals surface area contributed by atoms with Crippen molar-refractivity contribution in [1.82, 2.24) is 9.88 Å². The molecule has 0 fully saturated rings. The van der Waals surface area contributed by atoms with Gasteiger partial charge in [0.1, 0.15) is 6.10 Å². The van der Waals surface area contributed by atoms with Crippen molar-refractivity contribution in [2.75, 3.05) is 20.1 Å². The molecule has 0 aliphatic heterocycles. The van der Waals surface area contributed by atoms with Crippen LogP contribution in [0.3, 0.4) is 0 Å². The molecule has 1 unspecified atom stereocenters. The van der Waals surface area contributed by atoms with Crippen LogP contribution in [0.25, 0.3) is 0 Å². The van der Waals surface area contributed by atoms with Crippen molar-refractivity contribution in [3.05, 3.63) is 52.5 Å². The average Bonchev–Trinajstić information content (AvgIpc) is 2.91. The Morgan fingerprint density at radius 2 is 2.11 bits per heavy atom. The van der Waals surface area contributed by atoms with Crippen LogP contribution in [0.4, 0.5) is 0 Å². The Morgan fingerprint density at radius 1 is 1.33 bits per heavy atom. The Kier molecular flexibility index (Phi) is 4.87. The van der Waals surface area contributed by atoms with Gasteiger partial charge >= 0.3 is 0 Å². The van der Waals surface area contributed by atoms with E-state index < -0.39 is 0 Å². The molecular formula is C14H18N2OS. The molecule has 0 amide bonds. The van der Waals surface area contributed by atoms with Crippen molar-refractivity contribution in [2.45, 2.75) is 12.5 Å². The Labute approximate surface area is 112 Å². The molecule has 0 radical (unpaired) electrons. The van der Waals surface area contributed by atoms with Crippen molar-refractivity contribution >= 4 is 11.3 Å². The van der Waals surface area contributed by atoms with Gasteiger partial charge in [-0.05, 0) is 42.6 Å². The van der Waals surface area contributed by atoms with E-state index in [1.54, 1.807) is 11.3 Å². The molecule has 2 aromatic rings. The third kappa shape index (κ3) is 3.91. The normalized spacial score (nSPS) is 12.8. The highest BCUT2D eigenvalue weighted by molar-refractivity contribution is 7.10. The zero-order chi connectivity index (χ0) is 12.8. The van der Waals surface area contributed by atoms with Crippen LogP contribution in [0, 0.1) is 0 Å². The minimum atomic E-state index is -0.382. The molecule has 1 N–H and O–H groups in total. The molecule has 0 aromatic carbocycles. The van der Waals surface area contributed by atoms with Crippen LogP contribution in [-0.2, 0) is 6.42 Å². The van der Waals surface area contributed by atoms with Crippen molar-refractivity contribution < 1.29 is 5.11 Å². The number of pyridine rings is 1. The third-order valence-corrected chi connectivity index (χ3v) is 3.86. The van der Waals surface area contributed by atoms with Gasteiger partial charge in [-0.1, -0.05) is 6.07 Å². The summed E-state index contributed by atoms with van der Waals surface area (Å²) in [5.74, 6) is 0. The summed E-state index contributed by atoms with van der Waals surface area (Å²) in [6.45, 7) is 1.61. The number of likely N-dealkylation sites (N-methyl/N-ethyl adjacent to an activating group) is 1. The van der Waals surface area contributed by atoms with Crippen LogP contribution in [-0.4, -0.2) is 35.1 Å². The third-order valence-electron chi connectivity index (χ3n) is 2.89. The largest absolute Gasteiger partial charge is 0.386 e. The lowest BCUT2D eigenvalue weighted by Gasteiger charge is -2.19. The Hall–Kier alpha value is -1.23. The summed E-state index contributed by atoms with van der Waals surface area (Å²) in [6, 6.07) is 8.01. The lowest BCUT2D eigenvalue weighted by Crippen LogP contribution is -2.26. The molecule has 4 heteroatoms. The van der Waals surface area contributed by atoms with Crippen LogP contribution >= 0.6 is 11.3 Å². The predicted octanol–water partition coefficient (Wildman–Crippen LogP) is 2.35. The molecule has 18 heavy (non-hydrogen) atoms. The first-order valence-corrected chi connectivity index (χ1v) is 6.92. The molecule has 0 saturated heterocycles. The van der Waals surface area contributed by atoms with Crippen LogP contribution in [0.1, 0.15) is 16.5 Å². The van der Waals surface area contributed by atoms with Crippen molar-refractivity contribution in [2.24, 2.45) is 0 Å². The number of nitrogens with zero attached hydrogens (tertiary/aromatic N) is 2. The van der Waals surface area contributed by atoms with Gasteiger partial charge in [0.05, 0.1) is 0 Å². The molecule has 0 saturated carbocycles. The lowest BCUT2D eigenvalue weighted by molar-refractivity contribution is 0.130. The molecule has 1 atom stereocenters. The fourth-order valence-corrected chi connectivity index (χ4v) is 2.53. The Balaban J connectivity index is 1.77. The monoisotopic (exact) mass is 262 g/mol. The van der Waals surface area contributed by atoms with E-state index in [1.807, 2.05) is 49.1 Å². The number of aliphatic hydroxyl groups is 1. The molecule has 96 valence electrons. The van der Waals surface area contributed by atoms with Crippen LogP contribution in [0.2, 0.25) is 0 Å². The summed E-state index contributed by atoms with van der Waals surface area (Å²) in [5, 5.41) is 12.0. The fourth-order valence-electron chi connectivity index (χ4n) is 1.83. The second-order valence-electron chi connectivity index (χ2n) is 4.40. The summed E-state index contributed by atoms with van der Waals surface area (Å²) in [7, 11) is 2.04. The zero-order valence-corrected chi connectivity index (χ0v) is 11.3. The first kappa shape index (κ1) is 13.2. The maximum absolute atomic E-state index is 10.0. The van der Waals surface area contributed by atoms with E-state index >= 15 is 0 Å². The number of aromatic nitrogens is 1.